The maximum absolute atomic E-state index is 12.8. The Kier molecular flexibility index (Phi) is 4.54. The normalized spacial score (nSPS) is 19.1. The summed E-state index contributed by atoms with van der Waals surface area (Å²) < 4.78 is 32.9. The number of aromatic nitrogens is 4. The van der Waals surface area contributed by atoms with Crippen molar-refractivity contribution in [3.63, 3.8) is 0 Å². The largest absolute Gasteiger partial charge is 0.434 e. The van der Waals surface area contributed by atoms with Crippen LogP contribution in [0.15, 0.2) is 53.0 Å². The fourth-order valence-corrected chi connectivity index (χ4v) is 3.43. The molecule has 0 spiro atoms. The van der Waals surface area contributed by atoms with Crippen LogP contribution in [0.2, 0.25) is 0 Å². The molecule has 2 heterocycles. The number of alkyl halides is 2. The lowest BCUT2D eigenvalue weighted by Gasteiger charge is -2.31. The molecule has 2 aromatic carbocycles. The van der Waals surface area contributed by atoms with Crippen LogP contribution in [0.4, 0.5) is 14.7 Å². The molecule has 0 unspecified atom stereocenters. The van der Waals surface area contributed by atoms with Crippen LogP contribution in [0.25, 0.3) is 0 Å². The minimum Gasteiger partial charge on any atom is -0.434 e. The topological polar surface area (TPSA) is 64.9 Å². The molecule has 0 saturated heterocycles. The van der Waals surface area contributed by atoms with Crippen molar-refractivity contribution in [2.24, 2.45) is 0 Å². The first-order valence-corrected chi connectivity index (χ1v) is 8.74. The standard InChI is InChI=1S/C17H14BrF2N5O/c18-11-7-5-10(6-8-11)13-9-14(25-17(21-13)22-23-24-25)12-3-1-2-4-15(12)26-16(19)20/h1-8,13-14,16H,9H2,(H,21,22,24)/t13-,14-/m0/s1. The van der Waals surface area contributed by atoms with E-state index in [1.54, 1.807) is 22.9 Å². The predicted octanol–water partition coefficient (Wildman–Crippen LogP) is 4.18. The number of hydrogen-bond acceptors (Lipinski definition) is 5. The number of tetrazole rings is 1. The highest BCUT2D eigenvalue weighted by Gasteiger charge is 2.32. The zero-order chi connectivity index (χ0) is 18.1. The van der Waals surface area contributed by atoms with Gasteiger partial charge < -0.3 is 10.1 Å². The molecule has 0 fully saturated rings. The predicted molar refractivity (Wildman–Crippen MR) is 94.2 cm³/mol. The molecular formula is C17H14BrF2N5O. The number of para-hydroxylation sites is 1. The van der Waals surface area contributed by atoms with Crippen molar-refractivity contribution in [3.8, 4) is 5.75 Å². The van der Waals surface area contributed by atoms with E-state index in [0.29, 0.717) is 17.9 Å². The average molecular weight is 422 g/mol. The van der Waals surface area contributed by atoms with E-state index in [-0.39, 0.29) is 17.8 Å². The second-order valence-corrected chi connectivity index (χ2v) is 6.78. The highest BCUT2D eigenvalue weighted by molar-refractivity contribution is 9.10. The molecule has 26 heavy (non-hydrogen) atoms. The van der Waals surface area contributed by atoms with Crippen molar-refractivity contribution in [1.82, 2.24) is 20.2 Å². The Hall–Kier alpha value is -2.55. The molecule has 1 aliphatic rings. The van der Waals surface area contributed by atoms with Gasteiger partial charge in [-0.15, -0.1) is 0 Å². The minimum atomic E-state index is -2.89. The van der Waals surface area contributed by atoms with Gasteiger partial charge >= 0.3 is 6.61 Å². The summed E-state index contributed by atoms with van der Waals surface area (Å²) in [4.78, 5) is 0. The van der Waals surface area contributed by atoms with Gasteiger partial charge in [-0.2, -0.15) is 8.78 Å². The molecule has 3 aromatic rings. The van der Waals surface area contributed by atoms with Crippen LogP contribution in [-0.4, -0.2) is 26.8 Å². The molecule has 2 atom stereocenters. The van der Waals surface area contributed by atoms with E-state index in [4.69, 9.17) is 4.74 Å². The molecule has 4 rings (SSSR count). The molecule has 0 amide bonds. The van der Waals surface area contributed by atoms with Crippen molar-refractivity contribution >= 4 is 21.9 Å². The lowest BCUT2D eigenvalue weighted by Crippen LogP contribution is -2.28. The summed E-state index contributed by atoms with van der Waals surface area (Å²) in [5, 5.41) is 15.0. The number of rotatable bonds is 4. The second-order valence-electron chi connectivity index (χ2n) is 5.86. The van der Waals surface area contributed by atoms with Crippen molar-refractivity contribution < 1.29 is 13.5 Å². The van der Waals surface area contributed by atoms with Gasteiger partial charge in [0.2, 0.25) is 5.95 Å². The zero-order valence-electron chi connectivity index (χ0n) is 13.4. The molecule has 0 bridgehead atoms. The Balaban J connectivity index is 1.73. The Bertz CT molecular complexity index is 902. The number of fused-ring (bicyclic) bond motifs is 1. The summed E-state index contributed by atoms with van der Waals surface area (Å²) in [5.74, 6) is 0.617. The lowest BCUT2D eigenvalue weighted by atomic mass is 9.93. The summed E-state index contributed by atoms with van der Waals surface area (Å²) in [5.41, 5.74) is 1.67. The van der Waals surface area contributed by atoms with Crippen LogP contribution >= 0.6 is 15.9 Å². The van der Waals surface area contributed by atoms with Gasteiger partial charge in [0, 0.05) is 10.0 Å². The monoisotopic (exact) mass is 421 g/mol. The van der Waals surface area contributed by atoms with E-state index >= 15 is 0 Å². The zero-order valence-corrected chi connectivity index (χ0v) is 15.0. The summed E-state index contributed by atoms with van der Waals surface area (Å²) in [6, 6.07) is 14.3. The minimum absolute atomic E-state index is 0.0637. The van der Waals surface area contributed by atoms with Gasteiger partial charge in [-0.05, 0) is 40.6 Å². The molecule has 6 nitrogen and oxygen atoms in total. The van der Waals surface area contributed by atoms with Crippen molar-refractivity contribution in [1.29, 1.82) is 0 Å². The Morgan fingerprint density at radius 2 is 1.92 bits per heavy atom. The summed E-state index contributed by atoms with van der Waals surface area (Å²) >= 11 is 3.43. The molecule has 1 aliphatic heterocycles. The number of halogens is 3. The summed E-state index contributed by atoms with van der Waals surface area (Å²) in [6.45, 7) is -2.89. The first kappa shape index (κ1) is 16.9. The number of ether oxygens (including phenoxy) is 1. The number of benzene rings is 2. The van der Waals surface area contributed by atoms with Crippen LogP contribution < -0.4 is 10.1 Å². The molecule has 0 radical (unpaired) electrons. The Labute approximate surface area is 156 Å². The molecular weight excluding hydrogens is 408 g/mol. The maximum atomic E-state index is 12.8. The van der Waals surface area contributed by atoms with Gasteiger partial charge in [0.25, 0.3) is 0 Å². The smallest absolute Gasteiger partial charge is 0.387 e. The first-order valence-electron chi connectivity index (χ1n) is 7.95. The van der Waals surface area contributed by atoms with Crippen molar-refractivity contribution in [2.45, 2.75) is 25.1 Å². The average Bonchev–Trinajstić information content (AvgIpc) is 3.10. The lowest BCUT2D eigenvalue weighted by molar-refractivity contribution is -0.0507. The van der Waals surface area contributed by atoms with Gasteiger partial charge in [0.05, 0.1) is 12.1 Å². The van der Waals surface area contributed by atoms with Crippen molar-refractivity contribution in [3.05, 3.63) is 64.1 Å². The van der Waals surface area contributed by atoms with E-state index < -0.39 is 6.61 Å². The third kappa shape index (κ3) is 3.26. The van der Waals surface area contributed by atoms with Crippen LogP contribution in [0.3, 0.4) is 0 Å². The SMILES string of the molecule is FC(F)Oc1ccccc1[C@@H]1C[C@@H](c2ccc(Br)cc2)Nc2nnnn21. The summed E-state index contributed by atoms with van der Waals surface area (Å²) in [7, 11) is 0. The molecule has 0 saturated carbocycles. The maximum Gasteiger partial charge on any atom is 0.387 e. The quantitative estimate of drug-likeness (QED) is 0.684. The van der Waals surface area contributed by atoms with E-state index in [1.807, 2.05) is 24.3 Å². The highest BCUT2D eigenvalue weighted by Crippen LogP contribution is 2.40. The van der Waals surface area contributed by atoms with Gasteiger partial charge in [0.1, 0.15) is 5.75 Å². The van der Waals surface area contributed by atoms with Gasteiger partial charge in [-0.25, -0.2) is 4.68 Å². The van der Waals surface area contributed by atoms with E-state index in [9.17, 15) is 8.78 Å². The Morgan fingerprint density at radius 1 is 1.15 bits per heavy atom. The second kappa shape index (κ2) is 6.99. The van der Waals surface area contributed by atoms with Crippen LogP contribution in [0.5, 0.6) is 5.75 Å². The molecule has 1 aromatic heterocycles. The molecule has 1 N–H and O–H groups in total. The highest BCUT2D eigenvalue weighted by atomic mass is 79.9. The number of anilines is 1. The number of nitrogens with one attached hydrogen (secondary N) is 1. The number of hydrogen-bond donors (Lipinski definition) is 1. The van der Waals surface area contributed by atoms with Crippen LogP contribution in [0, 0.1) is 0 Å². The molecule has 134 valence electrons. The van der Waals surface area contributed by atoms with E-state index in [1.165, 1.54) is 6.07 Å². The first-order chi connectivity index (χ1) is 12.6. The fourth-order valence-electron chi connectivity index (χ4n) is 3.17. The third-order valence-corrected chi connectivity index (χ3v) is 4.85. The Morgan fingerprint density at radius 3 is 2.69 bits per heavy atom. The molecule has 9 heteroatoms. The number of nitrogens with zero attached hydrogens (tertiary/aromatic N) is 4. The molecule has 0 aliphatic carbocycles. The summed E-state index contributed by atoms with van der Waals surface area (Å²) in [6.07, 6.45) is 0.587. The van der Waals surface area contributed by atoms with E-state index in [2.05, 4.69) is 36.8 Å². The van der Waals surface area contributed by atoms with Crippen molar-refractivity contribution in [2.75, 3.05) is 5.32 Å². The van der Waals surface area contributed by atoms with Gasteiger partial charge in [-0.1, -0.05) is 51.4 Å². The third-order valence-electron chi connectivity index (χ3n) is 4.32. The van der Waals surface area contributed by atoms with Crippen LogP contribution in [0.1, 0.15) is 29.6 Å². The van der Waals surface area contributed by atoms with Gasteiger partial charge in [-0.3, -0.25) is 0 Å². The fraction of sp³-hybridized carbons (Fsp3) is 0.235. The van der Waals surface area contributed by atoms with Crippen LogP contribution in [-0.2, 0) is 0 Å². The van der Waals surface area contributed by atoms with E-state index in [0.717, 1.165) is 10.0 Å². The van der Waals surface area contributed by atoms with Gasteiger partial charge in [0.15, 0.2) is 0 Å².